The Morgan fingerprint density at radius 3 is 2.86 bits per heavy atom. The van der Waals surface area contributed by atoms with E-state index in [0.29, 0.717) is 11.8 Å². The van der Waals surface area contributed by atoms with Crippen LogP contribution < -0.4 is 5.32 Å². The summed E-state index contributed by atoms with van der Waals surface area (Å²) in [5, 5.41) is 3.47. The molecule has 0 aromatic carbocycles. The fourth-order valence-corrected chi connectivity index (χ4v) is 3.79. The lowest BCUT2D eigenvalue weighted by Crippen LogP contribution is -2.44. The van der Waals surface area contributed by atoms with Gasteiger partial charge in [0.05, 0.1) is 12.1 Å². The smallest absolute Gasteiger partial charge is 0.228 e. The van der Waals surface area contributed by atoms with Crippen LogP contribution in [0.15, 0.2) is 30.6 Å². The number of carbonyl (C=O) groups is 1. The molecule has 0 bridgehead atoms. The van der Waals surface area contributed by atoms with E-state index in [1.807, 2.05) is 39.9 Å². The number of hydrogen-bond acceptors (Lipinski definition) is 3. The number of pyridine rings is 1. The summed E-state index contributed by atoms with van der Waals surface area (Å²) in [7, 11) is 0. The molecule has 0 radical (unpaired) electrons. The Kier molecular flexibility index (Phi) is 3.37. The van der Waals surface area contributed by atoms with Gasteiger partial charge in [0.1, 0.15) is 5.65 Å². The second kappa shape index (κ2) is 5.39. The molecule has 2 fully saturated rings. The van der Waals surface area contributed by atoms with Crippen molar-refractivity contribution in [3.8, 4) is 0 Å². The molecule has 1 spiro atoms. The first kappa shape index (κ1) is 13.8. The molecule has 5 heteroatoms. The van der Waals surface area contributed by atoms with E-state index in [-0.39, 0.29) is 5.91 Å². The van der Waals surface area contributed by atoms with Crippen LogP contribution in [-0.2, 0) is 11.2 Å². The fourth-order valence-electron chi connectivity index (χ4n) is 3.79. The number of imidazole rings is 1. The van der Waals surface area contributed by atoms with Gasteiger partial charge in [-0.15, -0.1) is 0 Å². The number of fused-ring (bicyclic) bond motifs is 1. The fraction of sp³-hybridized carbons (Fsp3) is 0.529. The lowest BCUT2D eigenvalue weighted by molar-refractivity contribution is -0.132. The zero-order valence-corrected chi connectivity index (χ0v) is 12.8. The van der Waals surface area contributed by atoms with Crippen molar-refractivity contribution in [3.05, 3.63) is 36.3 Å². The van der Waals surface area contributed by atoms with Crippen LogP contribution in [0.25, 0.3) is 5.65 Å². The molecule has 4 heterocycles. The predicted molar refractivity (Wildman–Crippen MR) is 84.6 cm³/mol. The first-order valence-corrected chi connectivity index (χ1v) is 8.15. The van der Waals surface area contributed by atoms with E-state index in [1.165, 1.54) is 6.42 Å². The summed E-state index contributed by atoms with van der Waals surface area (Å²) in [6.45, 7) is 4.05. The molecule has 0 atom stereocenters. The van der Waals surface area contributed by atoms with Crippen LogP contribution in [0.4, 0.5) is 0 Å². The molecule has 2 aromatic heterocycles. The van der Waals surface area contributed by atoms with Gasteiger partial charge in [0.15, 0.2) is 0 Å². The Morgan fingerprint density at radius 1 is 1.27 bits per heavy atom. The van der Waals surface area contributed by atoms with Gasteiger partial charge in [-0.05, 0) is 43.4 Å². The molecule has 5 nitrogen and oxygen atoms in total. The quantitative estimate of drug-likeness (QED) is 0.913. The van der Waals surface area contributed by atoms with Gasteiger partial charge in [0, 0.05) is 32.0 Å². The van der Waals surface area contributed by atoms with E-state index in [1.54, 1.807) is 0 Å². The highest BCUT2D eigenvalue weighted by Gasteiger charge is 2.37. The molecule has 22 heavy (non-hydrogen) atoms. The molecule has 0 saturated carbocycles. The molecule has 0 unspecified atom stereocenters. The number of rotatable bonds is 2. The first-order chi connectivity index (χ1) is 10.7. The Balaban J connectivity index is 1.40. The Hall–Kier alpha value is -1.88. The van der Waals surface area contributed by atoms with Crippen molar-refractivity contribution in [2.75, 3.05) is 26.2 Å². The standard InChI is InChI=1S/C17H22N4O/c22-16(11-14-12-21-8-2-1-3-15(21)19-14)20-9-5-17(6-10-20)4-7-18-13-17/h1-3,8,12,18H,4-7,9-11,13H2. The summed E-state index contributed by atoms with van der Waals surface area (Å²) >= 11 is 0. The minimum Gasteiger partial charge on any atom is -0.342 e. The van der Waals surface area contributed by atoms with Crippen molar-refractivity contribution in [2.24, 2.45) is 5.41 Å². The normalized spacial score (nSPS) is 20.8. The Morgan fingerprint density at radius 2 is 2.14 bits per heavy atom. The third kappa shape index (κ3) is 2.50. The molecule has 0 aliphatic carbocycles. The summed E-state index contributed by atoms with van der Waals surface area (Å²) in [6.07, 6.45) is 7.87. The molecular formula is C17H22N4O. The molecule has 2 aromatic rings. The van der Waals surface area contributed by atoms with Gasteiger partial charge in [0.25, 0.3) is 0 Å². The zero-order valence-electron chi connectivity index (χ0n) is 12.8. The number of carbonyl (C=O) groups excluding carboxylic acids is 1. The zero-order chi connectivity index (χ0) is 15.0. The minimum atomic E-state index is 0.212. The summed E-state index contributed by atoms with van der Waals surface area (Å²) in [4.78, 5) is 19.1. The maximum absolute atomic E-state index is 12.5. The first-order valence-electron chi connectivity index (χ1n) is 8.15. The van der Waals surface area contributed by atoms with E-state index >= 15 is 0 Å². The van der Waals surface area contributed by atoms with Crippen LogP contribution in [0.2, 0.25) is 0 Å². The van der Waals surface area contributed by atoms with Gasteiger partial charge in [-0.3, -0.25) is 4.79 Å². The van der Waals surface area contributed by atoms with Gasteiger partial charge in [-0.25, -0.2) is 4.98 Å². The summed E-state index contributed by atoms with van der Waals surface area (Å²) in [5.74, 6) is 0.212. The monoisotopic (exact) mass is 298 g/mol. The van der Waals surface area contributed by atoms with Crippen molar-refractivity contribution in [3.63, 3.8) is 0 Å². The van der Waals surface area contributed by atoms with E-state index in [0.717, 1.165) is 50.4 Å². The average Bonchev–Trinajstić information content (AvgIpc) is 3.14. The lowest BCUT2D eigenvalue weighted by Gasteiger charge is -2.38. The number of piperidine rings is 1. The highest BCUT2D eigenvalue weighted by molar-refractivity contribution is 5.78. The summed E-state index contributed by atoms with van der Waals surface area (Å²) < 4.78 is 1.97. The van der Waals surface area contributed by atoms with E-state index < -0.39 is 0 Å². The Bertz CT molecular complexity index is 644. The van der Waals surface area contributed by atoms with Crippen molar-refractivity contribution >= 4 is 11.6 Å². The van der Waals surface area contributed by atoms with Crippen LogP contribution in [-0.4, -0.2) is 46.4 Å². The average molecular weight is 298 g/mol. The summed E-state index contributed by atoms with van der Waals surface area (Å²) in [6, 6.07) is 5.90. The predicted octanol–water partition coefficient (Wildman–Crippen LogP) is 1.48. The van der Waals surface area contributed by atoms with Gasteiger partial charge < -0.3 is 14.6 Å². The Labute approximate surface area is 130 Å². The van der Waals surface area contributed by atoms with Crippen molar-refractivity contribution in [1.29, 1.82) is 0 Å². The van der Waals surface area contributed by atoms with Crippen molar-refractivity contribution in [2.45, 2.75) is 25.7 Å². The highest BCUT2D eigenvalue weighted by Crippen LogP contribution is 2.36. The molecule has 1 N–H and O–H groups in total. The minimum absolute atomic E-state index is 0.212. The molecule has 1 amide bonds. The second-order valence-electron chi connectivity index (χ2n) is 6.68. The van der Waals surface area contributed by atoms with Crippen LogP contribution in [0, 0.1) is 5.41 Å². The van der Waals surface area contributed by atoms with E-state index in [4.69, 9.17) is 0 Å². The summed E-state index contributed by atoms with van der Waals surface area (Å²) in [5.41, 5.74) is 2.22. The third-order valence-corrected chi connectivity index (χ3v) is 5.26. The van der Waals surface area contributed by atoms with Crippen LogP contribution >= 0.6 is 0 Å². The van der Waals surface area contributed by atoms with Gasteiger partial charge in [-0.2, -0.15) is 0 Å². The number of nitrogens with one attached hydrogen (secondary N) is 1. The maximum atomic E-state index is 12.5. The van der Waals surface area contributed by atoms with Crippen molar-refractivity contribution in [1.82, 2.24) is 19.6 Å². The molecule has 2 aliphatic rings. The molecule has 2 aliphatic heterocycles. The van der Waals surface area contributed by atoms with Crippen LogP contribution in [0.1, 0.15) is 25.0 Å². The van der Waals surface area contributed by atoms with Crippen molar-refractivity contribution < 1.29 is 4.79 Å². The number of amides is 1. The number of hydrogen-bond donors (Lipinski definition) is 1. The molecule has 2 saturated heterocycles. The lowest BCUT2D eigenvalue weighted by atomic mass is 9.78. The van der Waals surface area contributed by atoms with Crippen LogP contribution in [0.3, 0.4) is 0 Å². The van der Waals surface area contributed by atoms with Gasteiger partial charge in [0.2, 0.25) is 5.91 Å². The van der Waals surface area contributed by atoms with Gasteiger partial charge in [-0.1, -0.05) is 6.07 Å². The molecule has 4 rings (SSSR count). The van der Waals surface area contributed by atoms with Gasteiger partial charge >= 0.3 is 0 Å². The number of likely N-dealkylation sites (tertiary alicyclic amines) is 1. The largest absolute Gasteiger partial charge is 0.342 e. The number of nitrogens with zero attached hydrogens (tertiary/aromatic N) is 3. The number of aromatic nitrogens is 2. The third-order valence-electron chi connectivity index (χ3n) is 5.26. The van der Waals surface area contributed by atoms with E-state index in [9.17, 15) is 4.79 Å². The molecular weight excluding hydrogens is 276 g/mol. The highest BCUT2D eigenvalue weighted by atomic mass is 16.2. The van der Waals surface area contributed by atoms with E-state index in [2.05, 4.69) is 10.3 Å². The topological polar surface area (TPSA) is 49.6 Å². The molecule has 116 valence electrons. The maximum Gasteiger partial charge on any atom is 0.228 e. The van der Waals surface area contributed by atoms with Crippen LogP contribution in [0.5, 0.6) is 0 Å². The SMILES string of the molecule is O=C(Cc1cn2ccccc2n1)N1CCC2(CCNC2)CC1. The second-order valence-corrected chi connectivity index (χ2v) is 6.68.